The lowest BCUT2D eigenvalue weighted by Gasteiger charge is -2.14. The van der Waals surface area contributed by atoms with Gasteiger partial charge in [-0.15, -0.1) is 0 Å². The standard InChI is InChI=1S/C12H16FN/c1-8-3-2-4-10(13)12(8)11(14)7-9-5-6-9/h2-4,9,11H,5-7,14H2,1H3. The van der Waals surface area contributed by atoms with Crippen LogP contribution in [0.5, 0.6) is 0 Å². The van der Waals surface area contributed by atoms with Gasteiger partial charge in [-0.05, 0) is 30.9 Å². The predicted molar refractivity (Wildman–Crippen MR) is 55.4 cm³/mol. The maximum Gasteiger partial charge on any atom is 0.128 e. The maximum atomic E-state index is 13.5. The lowest BCUT2D eigenvalue weighted by molar-refractivity contribution is 0.540. The van der Waals surface area contributed by atoms with Gasteiger partial charge in [-0.25, -0.2) is 4.39 Å². The number of benzene rings is 1. The first-order valence-electron chi connectivity index (χ1n) is 5.19. The molecule has 76 valence electrons. The second-order valence-corrected chi connectivity index (χ2v) is 4.26. The summed E-state index contributed by atoms with van der Waals surface area (Å²) in [6.45, 7) is 1.92. The lowest BCUT2D eigenvalue weighted by Crippen LogP contribution is -2.14. The van der Waals surface area contributed by atoms with E-state index < -0.39 is 0 Å². The summed E-state index contributed by atoms with van der Waals surface area (Å²) in [6.07, 6.45) is 3.46. The smallest absolute Gasteiger partial charge is 0.128 e. The SMILES string of the molecule is Cc1cccc(F)c1C(N)CC1CC1. The molecule has 1 aromatic carbocycles. The second-order valence-electron chi connectivity index (χ2n) is 4.26. The number of halogens is 1. The minimum absolute atomic E-state index is 0.122. The molecule has 1 unspecified atom stereocenters. The highest BCUT2D eigenvalue weighted by atomic mass is 19.1. The number of hydrogen-bond donors (Lipinski definition) is 1. The predicted octanol–water partition coefficient (Wildman–Crippen LogP) is 2.93. The van der Waals surface area contributed by atoms with Gasteiger partial charge in [0.25, 0.3) is 0 Å². The van der Waals surface area contributed by atoms with E-state index in [0.717, 1.165) is 17.9 Å². The molecule has 14 heavy (non-hydrogen) atoms. The van der Waals surface area contributed by atoms with Crippen LogP contribution in [0.4, 0.5) is 4.39 Å². The molecular formula is C12H16FN. The highest BCUT2D eigenvalue weighted by molar-refractivity contribution is 5.30. The molecule has 1 atom stereocenters. The summed E-state index contributed by atoms with van der Waals surface area (Å²) in [6, 6.07) is 5.03. The first-order valence-corrected chi connectivity index (χ1v) is 5.19. The van der Waals surface area contributed by atoms with Gasteiger partial charge in [0.1, 0.15) is 5.82 Å². The third kappa shape index (κ3) is 1.95. The van der Waals surface area contributed by atoms with Crippen molar-refractivity contribution in [1.82, 2.24) is 0 Å². The van der Waals surface area contributed by atoms with Gasteiger partial charge in [-0.2, -0.15) is 0 Å². The summed E-state index contributed by atoms with van der Waals surface area (Å²) < 4.78 is 13.5. The molecule has 0 radical (unpaired) electrons. The largest absolute Gasteiger partial charge is 0.324 e. The first-order chi connectivity index (χ1) is 6.68. The van der Waals surface area contributed by atoms with Crippen molar-refractivity contribution >= 4 is 0 Å². The minimum atomic E-state index is -0.154. The van der Waals surface area contributed by atoms with Gasteiger partial charge in [-0.1, -0.05) is 25.0 Å². The Morgan fingerprint density at radius 3 is 2.79 bits per heavy atom. The van der Waals surface area contributed by atoms with E-state index in [9.17, 15) is 4.39 Å². The maximum absolute atomic E-state index is 13.5. The molecule has 0 spiro atoms. The summed E-state index contributed by atoms with van der Waals surface area (Å²) in [5.41, 5.74) is 7.68. The average Bonchev–Trinajstić information content (AvgIpc) is 2.87. The fraction of sp³-hybridized carbons (Fsp3) is 0.500. The quantitative estimate of drug-likeness (QED) is 0.784. The van der Waals surface area contributed by atoms with Crippen LogP contribution >= 0.6 is 0 Å². The normalized spacial score (nSPS) is 18.2. The summed E-state index contributed by atoms with van der Waals surface area (Å²) in [4.78, 5) is 0. The molecule has 1 fully saturated rings. The first kappa shape index (κ1) is 9.66. The van der Waals surface area contributed by atoms with Crippen LogP contribution in [0.3, 0.4) is 0 Å². The van der Waals surface area contributed by atoms with Crippen molar-refractivity contribution in [2.24, 2.45) is 11.7 Å². The zero-order valence-corrected chi connectivity index (χ0v) is 8.46. The van der Waals surface area contributed by atoms with Crippen molar-refractivity contribution in [3.05, 3.63) is 35.1 Å². The van der Waals surface area contributed by atoms with Crippen molar-refractivity contribution < 1.29 is 4.39 Å². The monoisotopic (exact) mass is 193 g/mol. The van der Waals surface area contributed by atoms with Crippen LogP contribution in [-0.2, 0) is 0 Å². The highest BCUT2D eigenvalue weighted by Crippen LogP contribution is 2.37. The van der Waals surface area contributed by atoms with Crippen molar-refractivity contribution in [2.45, 2.75) is 32.2 Å². The molecule has 1 nitrogen and oxygen atoms in total. The van der Waals surface area contributed by atoms with Gasteiger partial charge in [-0.3, -0.25) is 0 Å². The van der Waals surface area contributed by atoms with E-state index in [4.69, 9.17) is 5.73 Å². The molecule has 0 bridgehead atoms. The van der Waals surface area contributed by atoms with Gasteiger partial charge in [0.15, 0.2) is 0 Å². The van der Waals surface area contributed by atoms with Crippen LogP contribution in [0.1, 0.15) is 36.4 Å². The van der Waals surface area contributed by atoms with Gasteiger partial charge in [0.2, 0.25) is 0 Å². The van der Waals surface area contributed by atoms with Crippen LogP contribution in [0.25, 0.3) is 0 Å². The molecule has 1 saturated carbocycles. The number of aryl methyl sites for hydroxylation is 1. The zero-order valence-electron chi connectivity index (χ0n) is 8.46. The van der Waals surface area contributed by atoms with Gasteiger partial charge >= 0.3 is 0 Å². The van der Waals surface area contributed by atoms with E-state index in [1.807, 2.05) is 13.0 Å². The summed E-state index contributed by atoms with van der Waals surface area (Å²) >= 11 is 0. The van der Waals surface area contributed by atoms with E-state index in [0.29, 0.717) is 5.56 Å². The van der Waals surface area contributed by atoms with E-state index in [2.05, 4.69) is 0 Å². The van der Waals surface area contributed by atoms with Crippen LogP contribution < -0.4 is 5.73 Å². The van der Waals surface area contributed by atoms with Crippen LogP contribution in [-0.4, -0.2) is 0 Å². The Morgan fingerprint density at radius 1 is 1.50 bits per heavy atom. The molecule has 0 heterocycles. The van der Waals surface area contributed by atoms with Crippen molar-refractivity contribution in [2.75, 3.05) is 0 Å². The molecule has 0 saturated heterocycles. The van der Waals surface area contributed by atoms with Crippen molar-refractivity contribution in [1.29, 1.82) is 0 Å². The lowest BCUT2D eigenvalue weighted by atomic mass is 9.97. The molecule has 0 amide bonds. The number of hydrogen-bond acceptors (Lipinski definition) is 1. The molecule has 0 aliphatic heterocycles. The summed E-state index contributed by atoms with van der Waals surface area (Å²) in [7, 11) is 0. The minimum Gasteiger partial charge on any atom is -0.324 e. The third-order valence-electron chi connectivity index (χ3n) is 2.93. The number of rotatable bonds is 3. The Bertz CT molecular complexity index is 311. The fourth-order valence-corrected chi connectivity index (χ4v) is 1.94. The molecule has 2 N–H and O–H groups in total. The van der Waals surface area contributed by atoms with E-state index in [-0.39, 0.29) is 11.9 Å². The Kier molecular flexibility index (Phi) is 2.55. The Hall–Kier alpha value is -0.890. The van der Waals surface area contributed by atoms with Gasteiger partial charge < -0.3 is 5.73 Å². The molecule has 1 aliphatic rings. The molecule has 2 rings (SSSR count). The molecule has 2 heteroatoms. The van der Waals surface area contributed by atoms with Gasteiger partial charge in [0, 0.05) is 11.6 Å². The molecular weight excluding hydrogens is 177 g/mol. The third-order valence-corrected chi connectivity index (χ3v) is 2.93. The van der Waals surface area contributed by atoms with Crippen LogP contribution in [0.15, 0.2) is 18.2 Å². The Balaban J connectivity index is 2.19. The number of nitrogens with two attached hydrogens (primary N) is 1. The topological polar surface area (TPSA) is 26.0 Å². The van der Waals surface area contributed by atoms with Crippen molar-refractivity contribution in [3.63, 3.8) is 0 Å². The highest BCUT2D eigenvalue weighted by Gasteiger charge is 2.26. The fourth-order valence-electron chi connectivity index (χ4n) is 1.94. The molecule has 1 aliphatic carbocycles. The zero-order chi connectivity index (χ0) is 10.1. The van der Waals surface area contributed by atoms with E-state index in [1.54, 1.807) is 6.07 Å². The van der Waals surface area contributed by atoms with Crippen LogP contribution in [0.2, 0.25) is 0 Å². The second kappa shape index (κ2) is 3.70. The summed E-state index contributed by atoms with van der Waals surface area (Å²) in [5.74, 6) is 0.585. The molecule has 0 aromatic heterocycles. The van der Waals surface area contributed by atoms with Gasteiger partial charge in [0.05, 0.1) is 0 Å². The van der Waals surface area contributed by atoms with E-state index in [1.165, 1.54) is 18.9 Å². The summed E-state index contributed by atoms with van der Waals surface area (Å²) in [5, 5.41) is 0. The Labute approximate surface area is 84.1 Å². The van der Waals surface area contributed by atoms with E-state index >= 15 is 0 Å². The molecule has 1 aromatic rings. The Morgan fingerprint density at radius 2 is 2.21 bits per heavy atom. The average molecular weight is 193 g/mol. The van der Waals surface area contributed by atoms with Crippen molar-refractivity contribution in [3.8, 4) is 0 Å². The van der Waals surface area contributed by atoms with Crippen LogP contribution in [0, 0.1) is 18.7 Å².